The molecule has 1 fully saturated rings. The highest BCUT2D eigenvalue weighted by Crippen LogP contribution is 2.39. The average Bonchev–Trinajstić information content (AvgIpc) is 3.55. The summed E-state index contributed by atoms with van der Waals surface area (Å²) >= 11 is 0. The van der Waals surface area contributed by atoms with Crippen molar-refractivity contribution in [3.63, 3.8) is 0 Å². The molecule has 0 spiro atoms. The lowest BCUT2D eigenvalue weighted by Crippen LogP contribution is -2.42. The third kappa shape index (κ3) is 9.29. The van der Waals surface area contributed by atoms with Crippen molar-refractivity contribution >= 4 is 33.5 Å². The molecule has 0 bridgehead atoms. The number of halogens is 6. The number of hydrogen-bond donors (Lipinski definition) is 2. The van der Waals surface area contributed by atoms with Crippen LogP contribution in [0.2, 0.25) is 0 Å². The van der Waals surface area contributed by atoms with E-state index >= 15 is 0 Å². The largest absolute Gasteiger partial charge is 0.481 e. The summed E-state index contributed by atoms with van der Waals surface area (Å²) in [6.07, 6.45) is -0.344. The molecule has 1 aromatic carbocycles. The quantitative estimate of drug-likeness (QED) is 0.180. The number of aromatic nitrogens is 3. The van der Waals surface area contributed by atoms with Crippen molar-refractivity contribution in [2.24, 2.45) is 5.73 Å². The number of aliphatic carboxylic acids is 1. The Balaban J connectivity index is 0.000000307. The van der Waals surface area contributed by atoms with Crippen LogP contribution in [0.25, 0.3) is 0 Å². The van der Waals surface area contributed by atoms with Gasteiger partial charge in [0.05, 0.1) is 6.54 Å². The van der Waals surface area contributed by atoms with Crippen LogP contribution in [0.1, 0.15) is 55.7 Å². The van der Waals surface area contributed by atoms with E-state index in [9.17, 15) is 35.9 Å². The molecule has 3 heterocycles. The molecular weight excluding hydrogens is 584 g/mol. The molecule has 222 valence electrons. The van der Waals surface area contributed by atoms with Gasteiger partial charge in [-0.15, -0.1) is 10.2 Å². The smallest absolute Gasteiger partial charge is 0.451 e. The molecule has 16 heteroatoms. The Morgan fingerprint density at radius 3 is 2.48 bits per heavy atom. The molecule has 2 aromatic rings. The van der Waals surface area contributed by atoms with Gasteiger partial charge in [-0.25, -0.2) is 13.2 Å². The number of amides is 1. The fourth-order valence-corrected chi connectivity index (χ4v) is 7.25. The second-order valence-electron chi connectivity index (χ2n) is 9.40. The van der Waals surface area contributed by atoms with Crippen LogP contribution >= 0.6 is 21.6 Å². The minimum absolute atomic E-state index is 0.000783. The highest BCUT2D eigenvalue weighted by molar-refractivity contribution is 8.77. The number of carbonyl (C=O) groups is 2. The van der Waals surface area contributed by atoms with Crippen LogP contribution in [-0.4, -0.2) is 60.2 Å². The number of carboxylic acids is 1. The van der Waals surface area contributed by atoms with E-state index in [-0.39, 0.29) is 43.9 Å². The summed E-state index contributed by atoms with van der Waals surface area (Å²) in [5.41, 5.74) is 5.64. The lowest BCUT2D eigenvalue weighted by atomic mass is 10.0. The zero-order chi connectivity index (χ0) is 29.4. The summed E-state index contributed by atoms with van der Waals surface area (Å²) in [5, 5.41) is 15.8. The number of nitrogens with zero attached hydrogens (tertiary/aromatic N) is 4. The van der Waals surface area contributed by atoms with Crippen LogP contribution in [0.5, 0.6) is 0 Å². The van der Waals surface area contributed by atoms with E-state index in [0.29, 0.717) is 18.6 Å². The van der Waals surface area contributed by atoms with Gasteiger partial charge in [-0.05, 0) is 37.3 Å². The van der Waals surface area contributed by atoms with E-state index in [1.54, 1.807) is 0 Å². The number of nitrogens with two attached hydrogens (primary N) is 1. The highest BCUT2D eigenvalue weighted by Gasteiger charge is 2.40. The number of hydrogen-bond acceptors (Lipinski definition) is 7. The second-order valence-corrected chi connectivity index (χ2v) is 12.2. The Kier molecular flexibility index (Phi) is 11.6. The van der Waals surface area contributed by atoms with Crippen LogP contribution in [0, 0.1) is 17.5 Å². The first-order chi connectivity index (χ1) is 18.8. The van der Waals surface area contributed by atoms with Gasteiger partial charge in [0.2, 0.25) is 11.7 Å². The van der Waals surface area contributed by atoms with Crippen molar-refractivity contribution in [3.05, 3.63) is 46.8 Å². The van der Waals surface area contributed by atoms with Crippen molar-refractivity contribution in [3.8, 4) is 0 Å². The van der Waals surface area contributed by atoms with Gasteiger partial charge in [0, 0.05) is 49.0 Å². The fourth-order valence-electron chi connectivity index (χ4n) is 4.22. The van der Waals surface area contributed by atoms with Gasteiger partial charge >= 0.3 is 12.1 Å². The maximum Gasteiger partial charge on any atom is 0.451 e. The Morgan fingerprint density at radius 1 is 1.10 bits per heavy atom. The SMILES string of the molecule is N[C@@H](CC(=O)N1CCn2c(nnc2C(F)(F)F)C1)Cc1cc(F)c(F)cc1F.O=C(O)CCCC[C@@H]1CCSS1. The van der Waals surface area contributed by atoms with Gasteiger partial charge in [0.1, 0.15) is 5.82 Å². The van der Waals surface area contributed by atoms with E-state index in [1.807, 2.05) is 21.6 Å². The van der Waals surface area contributed by atoms with Gasteiger partial charge < -0.3 is 20.3 Å². The maximum atomic E-state index is 13.7. The first-order valence-electron chi connectivity index (χ1n) is 12.5. The molecule has 0 aliphatic carbocycles. The van der Waals surface area contributed by atoms with Crippen molar-refractivity contribution in [2.45, 2.75) is 75.5 Å². The molecule has 2 aliphatic heterocycles. The van der Waals surface area contributed by atoms with Crippen molar-refractivity contribution < 1.29 is 41.0 Å². The molecule has 0 radical (unpaired) electrons. The molecule has 8 nitrogen and oxygen atoms in total. The van der Waals surface area contributed by atoms with Gasteiger partial charge in [-0.2, -0.15) is 13.2 Å². The summed E-state index contributed by atoms with van der Waals surface area (Å²) in [7, 11) is 3.92. The van der Waals surface area contributed by atoms with Crippen molar-refractivity contribution in [1.82, 2.24) is 19.7 Å². The molecule has 0 saturated carbocycles. The lowest BCUT2D eigenvalue weighted by Gasteiger charge is -2.29. The summed E-state index contributed by atoms with van der Waals surface area (Å²) in [4.78, 5) is 23.8. The van der Waals surface area contributed by atoms with E-state index < -0.39 is 47.4 Å². The first-order valence-corrected chi connectivity index (χ1v) is 14.9. The Bertz CT molecular complexity index is 1180. The van der Waals surface area contributed by atoms with Crippen LogP contribution in [0.15, 0.2) is 12.1 Å². The first kappa shape index (κ1) is 32.1. The summed E-state index contributed by atoms with van der Waals surface area (Å²) in [6, 6.07) is 0.184. The van der Waals surface area contributed by atoms with Crippen molar-refractivity contribution in [1.29, 1.82) is 0 Å². The Hall–Kier alpha value is -2.46. The number of benzene rings is 1. The van der Waals surface area contributed by atoms with Gasteiger partial charge in [0.15, 0.2) is 17.5 Å². The molecule has 4 rings (SSSR count). The van der Waals surface area contributed by atoms with Crippen molar-refractivity contribution in [2.75, 3.05) is 12.3 Å². The van der Waals surface area contributed by atoms with E-state index in [2.05, 4.69) is 10.2 Å². The number of alkyl halides is 3. The number of rotatable bonds is 9. The zero-order valence-electron chi connectivity index (χ0n) is 21.3. The summed E-state index contributed by atoms with van der Waals surface area (Å²) < 4.78 is 79.3. The third-order valence-electron chi connectivity index (χ3n) is 6.26. The predicted octanol–water partition coefficient (Wildman–Crippen LogP) is 4.80. The minimum atomic E-state index is -4.64. The van der Waals surface area contributed by atoms with E-state index in [4.69, 9.17) is 10.8 Å². The van der Waals surface area contributed by atoms with Gasteiger partial charge in [-0.3, -0.25) is 9.59 Å². The second kappa shape index (κ2) is 14.4. The predicted molar refractivity (Wildman–Crippen MR) is 138 cm³/mol. The monoisotopic (exact) mass is 613 g/mol. The summed E-state index contributed by atoms with van der Waals surface area (Å²) in [5.74, 6) is -4.54. The number of carboxylic acid groups (broad SMARTS) is 1. The normalized spacial score (nSPS) is 17.7. The fraction of sp³-hybridized carbons (Fsp3) is 0.583. The molecule has 1 amide bonds. The lowest BCUT2D eigenvalue weighted by molar-refractivity contribution is -0.148. The molecule has 1 saturated heterocycles. The standard InChI is InChI=1S/C16H15F6N5O.C8H14O2S2/c17-10-6-12(19)11(18)4-8(10)3-9(23)5-14(28)26-1-2-27-13(7-26)24-25-15(27)16(20,21)22;9-8(10)4-2-1-3-7-5-6-11-12-7/h4,6,9H,1-3,5,7,23H2;7H,1-6H2,(H,9,10)/t9-;7-/m11/s1. The van der Waals surface area contributed by atoms with Crippen LogP contribution < -0.4 is 5.73 Å². The molecular formula is C24H29F6N5O3S2. The molecule has 2 atom stereocenters. The van der Waals surface area contributed by atoms with Crippen LogP contribution in [0.4, 0.5) is 26.3 Å². The molecule has 40 heavy (non-hydrogen) atoms. The zero-order valence-corrected chi connectivity index (χ0v) is 22.9. The minimum Gasteiger partial charge on any atom is -0.481 e. The van der Waals surface area contributed by atoms with Crippen LogP contribution in [0.3, 0.4) is 0 Å². The number of fused-ring (bicyclic) bond motifs is 1. The molecule has 3 N–H and O–H groups in total. The van der Waals surface area contributed by atoms with Gasteiger partial charge in [0.25, 0.3) is 0 Å². The summed E-state index contributed by atoms with van der Waals surface area (Å²) in [6.45, 7) is -0.302. The maximum absolute atomic E-state index is 13.7. The Morgan fingerprint density at radius 2 is 1.82 bits per heavy atom. The Labute approximate surface area is 234 Å². The van der Waals surface area contributed by atoms with E-state index in [1.165, 1.54) is 23.5 Å². The highest BCUT2D eigenvalue weighted by atomic mass is 33.1. The molecule has 0 unspecified atom stereocenters. The average molecular weight is 614 g/mol. The number of carbonyl (C=O) groups excluding carboxylic acids is 1. The van der Waals surface area contributed by atoms with E-state index in [0.717, 1.165) is 22.7 Å². The van der Waals surface area contributed by atoms with Gasteiger partial charge in [-0.1, -0.05) is 28.0 Å². The number of unbranched alkanes of at least 4 members (excludes halogenated alkanes) is 1. The third-order valence-corrected chi connectivity index (χ3v) is 9.27. The topological polar surface area (TPSA) is 114 Å². The molecule has 1 aromatic heterocycles. The molecule has 2 aliphatic rings. The van der Waals surface area contributed by atoms with Crippen LogP contribution in [-0.2, 0) is 35.3 Å².